The molecule has 1 atom stereocenters. The molecule has 3 aliphatic rings. The van der Waals surface area contributed by atoms with E-state index >= 15 is 0 Å². The highest BCUT2D eigenvalue weighted by Gasteiger charge is 2.27. The van der Waals surface area contributed by atoms with Gasteiger partial charge < -0.3 is 35.3 Å². The third-order valence-corrected chi connectivity index (χ3v) is 7.29. The Hall–Kier alpha value is -2.50. The number of nitrogens with zero attached hydrogens (tertiary/aromatic N) is 4. The number of nitrogens with two attached hydrogens (primary N) is 1. The number of benzene rings is 1. The van der Waals surface area contributed by atoms with E-state index in [1.807, 2.05) is 31.2 Å². The van der Waals surface area contributed by atoms with Crippen LogP contribution in [0.2, 0.25) is 0 Å². The van der Waals surface area contributed by atoms with Gasteiger partial charge in [-0.05, 0) is 51.8 Å². The van der Waals surface area contributed by atoms with Gasteiger partial charge in [0.2, 0.25) is 0 Å². The Morgan fingerprint density at radius 2 is 1.79 bits per heavy atom. The van der Waals surface area contributed by atoms with E-state index in [1.165, 1.54) is 12.8 Å². The molecule has 0 bridgehead atoms. The summed E-state index contributed by atoms with van der Waals surface area (Å²) < 4.78 is 16.2. The average molecular weight is 529 g/mol. The van der Waals surface area contributed by atoms with E-state index < -0.39 is 6.10 Å². The number of anilines is 2. The highest BCUT2D eigenvalue weighted by atomic mass is 16.5. The SMILES string of the molecule is C1CCOC1.CNCC(O)COc1cccc(-c2nc(N)c(C)c(N3CCC(N4CCOCC4)CC3)n2)c1. The number of likely N-dealkylation sites (N-methyl/N-ethyl adjacent to an activating group) is 1. The smallest absolute Gasteiger partial charge is 0.164 e. The van der Waals surface area contributed by atoms with Crippen molar-refractivity contribution in [2.75, 3.05) is 83.4 Å². The Bertz CT molecular complexity index is 984. The van der Waals surface area contributed by atoms with Crippen molar-refractivity contribution in [2.45, 2.75) is 44.8 Å². The molecule has 0 aliphatic carbocycles. The molecule has 4 N–H and O–H groups in total. The van der Waals surface area contributed by atoms with E-state index in [2.05, 4.69) is 20.1 Å². The predicted octanol–water partition coefficient (Wildman–Crippen LogP) is 2.09. The molecular weight excluding hydrogens is 484 g/mol. The first kappa shape index (κ1) is 28.5. The third-order valence-electron chi connectivity index (χ3n) is 7.29. The summed E-state index contributed by atoms with van der Waals surface area (Å²) in [7, 11) is 1.80. The summed E-state index contributed by atoms with van der Waals surface area (Å²) in [5.74, 6) is 2.66. The first-order valence-electron chi connectivity index (χ1n) is 13.9. The van der Waals surface area contributed by atoms with Crippen molar-refractivity contribution in [2.24, 2.45) is 0 Å². The fourth-order valence-electron chi connectivity index (χ4n) is 5.07. The second-order valence-electron chi connectivity index (χ2n) is 10.1. The maximum absolute atomic E-state index is 9.90. The van der Waals surface area contributed by atoms with Crippen LogP contribution in [0.5, 0.6) is 5.75 Å². The van der Waals surface area contributed by atoms with Gasteiger partial charge in [0.05, 0.1) is 13.2 Å². The number of piperidine rings is 1. The van der Waals surface area contributed by atoms with Crippen LogP contribution in [0.25, 0.3) is 11.4 Å². The summed E-state index contributed by atoms with van der Waals surface area (Å²) in [6, 6.07) is 8.23. The van der Waals surface area contributed by atoms with Crippen LogP contribution in [-0.4, -0.2) is 105 Å². The largest absolute Gasteiger partial charge is 0.491 e. The van der Waals surface area contributed by atoms with Crippen molar-refractivity contribution in [3.8, 4) is 17.1 Å². The number of aliphatic hydroxyl groups excluding tert-OH is 1. The lowest BCUT2D eigenvalue weighted by molar-refractivity contribution is 0.0114. The molecule has 0 saturated carbocycles. The number of hydrogen-bond acceptors (Lipinski definition) is 10. The van der Waals surface area contributed by atoms with E-state index in [9.17, 15) is 5.11 Å². The minimum absolute atomic E-state index is 0.213. The Kier molecular flexibility index (Phi) is 11.0. The average Bonchev–Trinajstić information content (AvgIpc) is 3.55. The van der Waals surface area contributed by atoms with Crippen LogP contribution in [-0.2, 0) is 9.47 Å². The molecule has 5 rings (SSSR count). The quantitative estimate of drug-likeness (QED) is 0.470. The van der Waals surface area contributed by atoms with Gasteiger partial charge in [0, 0.05) is 63.1 Å². The van der Waals surface area contributed by atoms with Gasteiger partial charge in [0.25, 0.3) is 0 Å². The number of nitrogens with one attached hydrogen (secondary N) is 1. The molecular formula is C28H44N6O4. The first-order chi connectivity index (χ1) is 18.5. The van der Waals surface area contributed by atoms with Gasteiger partial charge in [-0.25, -0.2) is 9.97 Å². The molecule has 1 aromatic carbocycles. The number of aromatic nitrogens is 2. The van der Waals surface area contributed by atoms with Crippen LogP contribution in [0.4, 0.5) is 11.6 Å². The van der Waals surface area contributed by atoms with Crippen molar-refractivity contribution < 1.29 is 19.3 Å². The maximum atomic E-state index is 9.90. The fourth-order valence-corrected chi connectivity index (χ4v) is 5.07. The highest BCUT2D eigenvalue weighted by Crippen LogP contribution is 2.30. The lowest BCUT2D eigenvalue weighted by Gasteiger charge is -2.40. The van der Waals surface area contributed by atoms with E-state index in [1.54, 1.807) is 7.05 Å². The van der Waals surface area contributed by atoms with E-state index in [4.69, 9.17) is 24.9 Å². The van der Waals surface area contributed by atoms with Crippen LogP contribution >= 0.6 is 0 Å². The summed E-state index contributed by atoms with van der Waals surface area (Å²) in [5, 5.41) is 12.8. The number of aliphatic hydroxyl groups is 1. The van der Waals surface area contributed by atoms with E-state index in [0.29, 0.717) is 30.0 Å². The Balaban J connectivity index is 0.000000603. The van der Waals surface area contributed by atoms with Crippen molar-refractivity contribution in [3.63, 3.8) is 0 Å². The highest BCUT2D eigenvalue weighted by molar-refractivity contribution is 5.66. The van der Waals surface area contributed by atoms with E-state index in [-0.39, 0.29) is 6.61 Å². The van der Waals surface area contributed by atoms with Crippen molar-refractivity contribution in [1.82, 2.24) is 20.2 Å². The summed E-state index contributed by atoms with van der Waals surface area (Å²) in [6.45, 7) is 10.3. The maximum Gasteiger partial charge on any atom is 0.164 e. The standard InChI is InChI=1S/C24H36N6O3.C4H8O/c1-17-22(25)27-23(18-4-3-5-21(14-18)33-16-20(31)15-26-2)28-24(17)30-8-6-19(7-9-30)29-10-12-32-13-11-29;1-2-4-5-3-1/h3-5,14,19-20,26,31H,6-13,15-16H2,1-2H3,(H2,25,27,28);1-4H2. The zero-order valence-corrected chi connectivity index (χ0v) is 22.9. The van der Waals surface area contributed by atoms with Gasteiger partial charge in [-0.1, -0.05) is 12.1 Å². The predicted molar refractivity (Wildman–Crippen MR) is 150 cm³/mol. The van der Waals surface area contributed by atoms with Gasteiger partial charge in [0.1, 0.15) is 30.1 Å². The molecule has 3 saturated heterocycles. The van der Waals surface area contributed by atoms with Crippen LogP contribution in [0.15, 0.2) is 24.3 Å². The molecule has 4 heterocycles. The first-order valence-corrected chi connectivity index (χ1v) is 13.9. The van der Waals surface area contributed by atoms with Gasteiger partial charge in [0.15, 0.2) is 5.82 Å². The van der Waals surface area contributed by atoms with Crippen LogP contribution in [0, 0.1) is 6.92 Å². The molecule has 3 aliphatic heterocycles. The van der Waals surface area contributed by atoms with Crippen LogP contribution in [0.3, 0.4) is 0 Å². The molecule has 10 nitrogen and oxygen atoms in total. The van der Waals surface area contributed by atoms with Crippen molar-refractivity contribution >= 4 is 11.6 Å². The summed E-state index contributed by atoms with van der Waals surface area (Å²) in [6.07, 6.45) is 4.20. The minimum Gasteiger partial charge on any atom is -0.491 e. The Morgan fingerprint density at radius 1 is 1.08 bits per heavy atom. The van der Waals surface area contributed by atoms with Crippen molar-refractivity contribution in [3.05, 3.63) is 29.8 Å². The molecule has 210 valence electrons. The lowest BCUT2D eigenvalue weighted by atomic mass is 10.0. The number of ether oxygens (including phenoxy) is 3. The second-order valence-corrected chi connectivity index (χ2v) is 10.1. The van der Waals surface area contributed by atoms with Gasteiger partial charge >= 0.3 is 0 Å². The normalized spacial score (nSPS) is 19.6. The number of rotatable bonds is 8. The molecule has 38 heavy (non-hydrogen) atoms. The molecule has 10 heteroatoms. The molecule has 0 radical (unpaired) electrons. The molecule has 1 unspecified atom stereocenters. The topological polar surface area (TPSA) is 118 Å². The van der Waals surface area contributed by atoms with Gasteiger partial charge in [-0.2, -0.15) is 0 Å². The molecule has 1 aromatic heterocycles. The number of hydrogen-bond donors (Lipinski definition) is 3. The summed E-state index contributed by atoms with van der Waals surface area (Å²) in [4.78, 5) is 14.4. The Morgan fingerprint density at radius 3 is 2.45 bits per heavy atom. The zero-order valence-electron chi connectivity index (χ0n) is 22.9. The second kappa shape index (κ2) is 14.6. The molecule has 0 amide bonds. The van der Waals surface area contributed by atoms with Crippen LogP contribution < -0.4 is 20.7 Å². The zero-order chi connectivity index (χ0) is 26.7. The Labute approximate surface area is 226 Å². The van der Waals surface area contributed by atoms with Gasteiger partial charge in [-0.15, -0.1) is 0 Å². The van der Waals surface area contributed by atoms with Crippen LogP contribution in [0.1, 0.15) is 31.2 Å². The molecule has 0 spiro atoms. The summed E-state index contributed by atoms with van der Waals surface area (Å²) in [5.41, 5.74) is 8.07. The summed E-state index contributed by atoms with van der Waals surface area (Å²) >= 11 is 0. The van der Waals surface area contributed by atoms with Gasteiger partial charge in [-0.3, -0.25) is 4.90 Å². The fraction of sp³-hybridized carbons (Fsp3) is 0.643. The monoisotopic (exact) mass is 528 g/mol. The third kappa shape index (κ3) is 8.00. The lowest BCUT2D eigenvalue weighted by Crippen LogP contribution is -2.49. The number of nitrogen functional groups attached to an aromatic ring is 1. The van der Waals surface area contributed by atoms with E-state index in [0.717, 1.165) is 82.4 Å². The molecule has 2 aromatic rings. The molecule has 3 fully saturated rings. The number of morpholine rings is 1. The van der Waals surface area contributed by atoms with Crippen molar-refractivity contribution in [1.29, 1.82) is 0 Å². The minimum atomic E-state index is -0.572.